The lowest BCUT2D eigenvalue weighted by Crippen LogP contribution is -2.39. The molecule has 2 aromatic carbocycles. The molecule has 0 amide bonds. The Balaban J connectivity index is 2.00. The van der Waals surface area contributed by atoms with E-state index in [1.807, 2.05) is 54.6 Å². The van der Waals surface area contributed by atoms with E-state index in [0.29, 0.717) is 0 Å². The van der Waals surface area contributed by atoms with Gasteiger partial charge in [0, 0.05) is 16.7 Å². The molecule has 0 bridgehead atoms. The minimum atomic E-state index is -0.548. The molecule has 0 aliphatic carbocycles. The molecule has 0 aliphatic heterocycles. The van der Waals surface area contributed by atoms with Crippen LogP contribution < -0.4 is 11.2 Å². The lowest BCUT2D eigenvalue weighted by atomic mass is 10.1. The van der Waals surface area contributed by atoms with E-state index in [1.165, 1.54) is 23.9 Å². The molecule has 0 fully saturated rings. The lowest BCUT2D eigenvalue weighted by Gasteiger charge is -2.12. The maximum absolute atomic E-state index is 12.9. The van der Waals surface area contributed by atoms with Crippen LogP contribution in [0.5, 0.6) is 0 Å². The Hall–Kier alpha value is -3.19. The topological polar surface area (TPSA) is 70.3 Å². The molecule has 7 heteroatoms. The molecule has 3 aromatic rings. The zero-order chi connectivity index (χ0) is 20.8. The standard InChI is InChI=1S/C22H19BrN2O4/c1-29-21(27)18(13-17-9-5-6-10-19(17)23)15-24-12-11-20(26)25(22(24)28)14-16-7-3-2-4-8-16/h2-13H,14-15H2,1H3/b18-13+. The molecule has 0 aliphatic rings. The second-order valence-electron chi connectivity index (χ2n) is 6.32. The zero-order valence-electron chi connectivity index (χ0n) is 15.7. The molecule has 0 spiro atoms. The van der Waals surface area contributed by atoms with E-state index in [0.717, 1.165) is 20.2 Å². The van der Waals surface area contributed by atoms with Gasteiger partial charge in [0.15, 0.2) is 0 Å². The molecular formula is C22H19BrN2O4. The number of esters is 1. The number of hydrogen-bond acceptors (Lipinski definition) is 4. The van der Waals surface area contributed by atoms with Gasteiger partial charge in [-0.05, 0) is 23.3 Å². The van der Waals surface area contributed by atoms with Crippen molar-refractivity contribution < 1.29 is 9.53 Å². The monoisotopic (exact) mass is 454 g/mol. The summed E-state index contributed by atoms with van der Waals surface area (Å²) in [6.45, 7) is 0.128. The first kappa shape index (κ1) is 20.5. The first-order valence-corrected chi connectivity index (χ1v) is 9.66. The minimum Gasteiger partial charge on any atom is -0.466 e. The van der Waals surface area contributed by atoms with Crippen molar-refractivity contribution in [2.75, 3.05) is 7.11 Å². The molecule has 0 N–H and O–H groups in total. The van der Waals surface area contributed by atoms with Crippen LogP contribution in [0.15, 0.2) is 86.5 Å². The van der Waals surface area contributed by atoms with Gasteiger partial charge >= 0.3 is 11.7 Å². The average molecular weight is 455 g/mol. The quantitative estimate of drug-likeness (QED) is 0.423. The van der Waals surface area contributed by atoms with Crippen LogP contribution in [0.2, 0.25) is 0 Å². The van der Waals surface area contributed by atoms with Crippen LogP contribution in [-0.4, -0.2) is 22.2 Å². The molecule has 0 radical (unpaired) electrons. The second kappa shape index (κ2) is 9.34. The number of nitrogens with zero attached hydrogens (tertiary/aromatic N) is 2. The van der Waals surface area contributed by atoms with Crippen LogP contribution in [0, 0.1) is 0 Å². The van der Waals surface area contributed by atoms with Gasteiger partial charge in [0.25, 0.3) is 5.56 Å². The number of aromatic nitrogens is 2. The molecule has 0 saturated carbocycles. The number of benzene rings is 2. The van der Waals surface area contributed by atoms with Crippen molar-refractivity contribution in [3.63, 3.8) is 0 Å². The number of hydrogen-bond donors (Lipinski definition) is 0. The summed E-state index contributed by atoms with van der Waals surface area (Å²) in [5, 5.41) is 0. The molecule has 0 saturated heterocycles. The summed E-state index contributed by atoms with van der Waals surface area (Å²) in [6, 6.07) is 18.0. The van der Waals surface area contributed by atoms with E-state index >= 15 is 0 Å². The highest BCUT2D eigenvalue weighted by molar-refractivity contribution is 9.10. The summed E-state index contributed by atoms with van der Waals surface area (Å²) in [5.41, 5.74) is 0.999. The number of rotatable bonds is 6. The number of methoxy groups -OCH3 is 1. The Kier molecular flexibility index (Phi) is 6.61. The summed E-state index contributed by atoms with van der Waals surface area (Å²) in [6.07, 6.45) is 3.05. The Morgan fingerprint density at radius 3 is 2.41 bits per heavy atom. The lowest BCUT2D eigenvalue weighted by molar-refractivity contribution is -0.136. The van der Waals surface area contributed by atoms with Crippen molar-refractivity contribution in [1.82, 2.24) is 9.13 Å². The predicted molar refractivity (Wildman–Crippen MR) is 115 cm³/mol. The van der Waals surface area contributed by atoms with E-state index in [-0.39, 0.29) is 18.7 Å². The highest BCUT2D eigenvalue weighted by atomic mass is 79.9. The molecule has 0 atom stereocenters. The molecule has 1 aromatic heterocycles. The van der Waals surface area contributed by atoms with Gasteiger partial charge in [-0.3, -0.25) is 13.9 Å². The Bertz CT molecular complexity index is 1160. The Morgan fingerprint density at radius 2 is 1.72 bits per heavy atom. The first-order chi connectivity index (χ1) is 14.0. The maximum Gasteiger partial charge on any atom is 0.335 e. The highest BCUT2D eigenvalue weighted by Gasteiger charge is 2.14. The normalized spacial score (nSPS) is 11.3. The largest absolute Gasteiger partial charge is 0.466 e. The van der Waals surface area contributed by atoms with Crippen LogP contribution in [0.1, 0.15) is 11.1 Å². The molecular weight excluding hydrogens is 436 g/mol. The SMILES string of the molecule is COC(=O)/C(=C/c1ccccc1Br)Cn1ccc(=O)n(Cc2ccccc2)c1=O. The van der Waals surface area contributed by atoms with Gasteiger partial charge in [-0.1, -0.05) is 64.5 Å². The van der Waals surface area contributed by atoms with Gasteiger partial charge in [0.2, 0.25) is 0 Å². The molecule has 1 heterocycles. The number of carbonyl (C=O) groups is 1. The van der Waals surface area contributed by atoms with Gasteiger partial charge in [-0.25, -0.2) is 9.59 Å². The highest BCUT2D eigenvalue weighted by Crippen LogP contribution is 2.19. The van der Waals surface area contributed by atoms with Crippen LogP contribution in [0.4, 0.5) is 0 Å². The summed E-state index contributed by atoms with van der Waals surface area (Å²) >= 11 is 3.44. The third-order valence-electron chi connectivity index (χ3n) is 4.35. The zero-order valence-corrected chi connectivity index (χ0v) is 17.3. The van der Waals surface area contributed by atoms with Crippen molar-refractivity contribution in [2.24, 2.45) is 0 Å². The van der Waals surface area contributed by atoms with Gasteiger partial charge < -0.3 is 4.74 Å². The molecule has 148 valence electrons. The third kappa shape index (κ3) is 5.00. The van der Waals surface area contributed by atoms with E-state index < -0.39 is 17.2 Å². The smallest absolute Gasteiger partial charge is 0.335 e. The summed E-state index contributed by atoms with van der Waals surface area (Å²) in [7, 11) is 1.29. The van der Waals surface area contributed by atoms with Crippen LogP contribution in [0.3, 0.4) is 0 Å². The van der Waals surface area contributed by atoms with E-state index in [2.05, 4.69) is 15.9 Å². The van der Waals surface area contributed by atoms with Crippen LogP contribution in [0.25, 0.3) is 6.08 Å². The molecule has 6 nitrogen and oxygen atoms in total. The van der Waals surface area contributed by atoms with Gasteiger partial charge in [0.1, 0.15) is 0 Å². The number of halogens is 1. The van der Waals surface area contributed by atoms with Crippen molar-refractivity contribution in [1.29, 1.82) is 0 Å². The Labute approximate surface area is 175 Å². The third-order valence-corrected chi connectivity index (χ3v) is 5.07. The molecule has 0 unspecified atom stereocenters. The summed E-state index contributed by atoms with van der Waals surface area (Å²) in [4.78, 5) is 37.4. The fraction of sp³-hybridized carbons (Fsp3) is 0.136. The van der Waals surface area contributed by atoms with Crippen molar-refractivity contribution in [3.05, 3.63) is 109 Å². The minimum absolute atomic E-state index is 0.0259. The second-order valence-corrected chi connectivity index (χ2v) is 7.17. The summed E-state index contributed by atoms with van der Waals surface area (Å²) < 4.78 is 8.15. The fourth-order valence-corrected chi connectivity index (χ4v) is 3.25. The van der Waals surface area contributed by atoms with E-state index in [4.69, 9.17) is 4.74 Å². The fourth-order valence-electron chi connectivity index (χ4n) is 2.85. The van der Waals surface area contributed by atoms with Crippen LogP contribution in [-0.2, 0) is 22.6 Å². The van der Waals surface area contributed by atoms with E-state index in [1.54, 1.807) is 6.08 Å². The van der Waals surface area contributed by atoms with Gasteiger partial charge in [0.05, 0.1) is 25.8 Å². The van der Waals surface area contributed by atoms with Crippen molar-refractivity contribution in [3.8, 4) is 0 Å². The Morgan fingerprint density at radius 1 is 1.03 bits per heavy atom. The number of carbonyl (C=O) groups excluding carboxylic acids is 1. The summed E-state index contributed by atoms with van der Waals surface area (Å²) in [5.74, 6) is -0.548. The average Bonchev–Trinajstić information content (AvgIpc) is 2.74. The first-order valence-electron chi connectivity index (χ1n) is 8.87. The number of ether oxygens (including phenoxy) is 1. The van der Waals surface area contributed by atoms with Crippen LogP contribution >= 0.6 is 15.9 Å². The van der Waals surface area contributed by atoms with Gasteiger partial charge in [-0.15, -0.1) is 0 Å². The molecule has 3 rings (SSSR count). The van der Waals surface area contributed by atoms with Crippen molar-refractivity contribution in [2.45, 2.75) is 13.1 Å². The maximum atomic E-state index is 12.9. The van der Waals surface area contributed by atoms with E-state index in [9.17, 15) is 14.4 Å². The van der Waals surface area contributed by atoms with Crippen molar-refractivity contribution >= 4 is 28.0 Å². The molecule has 29 heavy (non-hydrogen) atoms. The van der Waals surface area contributed by atoms with Gasteiger partial charge in [-0.2, -0.15) is 0 Å². The predicted octanol–water partition coefficient (Wildman–Crippen LogP) is 3.08.